The highest BCUT2D eigenvalue weighted by Crippen LogP contribution is 2.20. The first kappa shape index (κ1) is 14.0. The van der Waals surface area contributed by atoms with Crippen LogP contribution in [-0.2, 0) is 6.54 Å². The molecule has 0 fully saturated rings. The molecule has 96 valence electrons. The zero-order valence-electron chi connectivity index (χ0n) is 11.4. The molecular formula is C14H24N2O. The van der Waals surface area contributed by atoms with Crippen molar-refractivity contribution in [3.05, 3.63) is 22.9 Å². The normalized spacial score (nSPS) is 10.9. The van der Waals surface area contributed by atoms with Crippen molar-refractivity contribution in [2.75, 3.05) is 6.61 Å². The van der Waals surface area contributed by atoms with Gasteiger partial charge in [0.1, 0.15) is 0 Å². The van der Waals surface area contributed by atoms with E-state index in [1.54, 1.807) is 0 Å². The largest absolute Gasteiger partial charge is 0.477 e. The van der Waals surface area contributed by atoms with E-state index in [0.717, 1.165) is 30.2 Å². The Hall–Kier alpha value is -1.09. The molecule has 2 N–H and O–H groups in total. The van der Waals surface area contributed by atoms with Gasteiger partial charge in [0.25, 0.3) is 0 Å². The van der Waals surface area contributed by atoms with Crippen LogP contribution in [0, 0.1) is 19.8 Å². The molecule has 3 heteroatoms. The first-order chi connectivity index (χ1) is 8.04. The van der Waals surface area contributed by atoms with Crippen LogP contribution in [0.3, 0.4) is 0 Å². The SMILES string of the molecule is Cc1cc(C)c(CN)c(OCCCC(C)C)n1. The number of ether oxygens (including phenoxy) is 1. The van der Waals surface area contributed by atoms with E-state index in [-0.39, 0.29) is 0 Å². The van der Waals surface area contributed by atoms with Gasteiger partial charge in [0.15, 0.2) is 0 Å². The van der Waals surface area contributed by atoms with Gasteiger partial charge in [-0.05, 0) is 44.2 Å². The van der Waals surface area contributed by atoms with Gasteiger partial charge in [0.2, 0.25) is 5.88 Å². The number of hydrogen-bond acceptors (Lipinski definition) is 3. The van der Waals surface area contributed by atoms with Gasteiger partial charge in [-0.2, -0.15) is 0 Å². The van der Waals surface area contributed by atoms with E-state index >= 15 is 0 Å². The average Bonchev–Trinajstić information content (AvgIpc) is 2.23. The molecule has 0 bridgehead atoms. The molecule has 0 spiro atoms. The first-order valence-corrected chi connectivity index (χ1v) is 6.34. The summed E-state index contributed by atoms with van der Waals surface area (Å²) in [7, 11) is 0. The maximum absolute atomic E-state index is 5.75. The minimum absolute atomic E-state index is 0.485. The highest BCUT2D eigenvalue weighted by atomic mass is 16.5. The lowest BCUT2D eigenvalue weighted by molar-refractivity contribution is 0.283. The number of hydrogen-bond donors (Lipinski definition) is 1. The van der Waals surface area contributed by atoms with E-state index in [4.69, 9.17) is 10.5 Å². The topological polar surface area (TPSA) is 48.1 Å². The second kappa shape index (κ2) is 6.60. The van der Waals surface area contributed by atoms with Gasteiger partial charge >= 0.3 is 0 Å². The third kappa shape index (κ3) is 4.35. The Balaban J connectivity index is 2.63. The van der Waals surface area contributed by atoms with Gasteiger partial charge in [-0.15, -0.1) is 0 Å². The molecule has 0 amide bonds. The van der Waals surface area contributed by atoms with E-state index < -0.39 is 0 Å². The molecule has 3 nitrogen and oxygen atoms in total. The Labute approximate surface area is 104 Å². The van der Waals surface area contributed by atoms with Gasteiger partial charge in [0, 0.05) is 17.8 Å². The van der Waals surface area contributed by atoms with Crippen LogP contribution in [0.2, 0.25) is 0 Å². The smallest absolute Gasteiger partial charge is 0.218 e. The van der Waals surface area contributed by atoms with Crippen molar-refractivity contribution in [3.63, 3.8) is 0 Å². The molecule has 0 unspecified atom stereocenters. The lowest BCUT2D eigenvalue weighted by Crippen LogP contribution is -2.08. The van der Waals surface area contributed by atoms with Gasteiger partial charge in [-0.25, -0.2) is 4.98 Å². The molecule has 0 saturated heterocycles. The highest BCUT2D eigenvalue weighted by molar-refractivity contribution is 5.35. The van der Waals surface area contributed by atoms with E-state index in [1.807, 2.05) is 13.0 Å². The number of aryl methyl sites for hydroxylation is 2. The van der Waals surface area contributed by atoms with Crippen molar-refractivity contribution in [2.24, 2.45) is 11.7 Å². The Kier molecular flexibility index (Phi) is 5.42. The van der Waals surface area contributed by atoms with Gasteiger partial charge < -0.3 is 10.5 Å². The van der Waals surface area contributed by atoms with Crippen LogP contribution in [0.5, 0.6) is 5.88 Å². The summed E-state index contributed by atoms with van der Waals surface area (Å²) in [6.45, 7) is 9.69. The van der Waals surface area contributed by atoms with Crippen LogP contribution < -0.4 is 10.5 Å². The molecule has 0 radical (unpaired) electrons. The monoisotopic (exact) mass is 236 g/mol. The zero-order valence-corrected chi connectivity index (χ0v) is 11.4. The fourth-order valence-corrected chi connectivity index (χ4v) is 1.86. The number of pyridine rings is 1. The number of rotatable bonds is 6. The molecular weight excluding hydrogens is 212 g/mol. The van der Waals surface area contributed by atoms with Gasteiger partial charge in [0.05, 0.1) is 6.61 Å². The van der Waals surface area contributed by atoms with E-state index in [9.17, 15) is 0 Å². The first-order valence-electron chi connectivity index (χ1n) is 6.34. The molecule has 1 rings (SSSR count). The van der Waals surface area contributed by atoms with Crippen LogP contribution in [0.15, 0.2) is 6.07 Å². The molecule has 0 aromatic carbocycles. The molecule has 0 aliphatic rings. The summed E-state index contributed by atoms with van der Waals surface area (Å²) < 4.78 is 5.75. The predicted molar refractivity (Wildman–Crippen MR) is 71.2 cm³/mol. The molecule has 0 atom stereocenters. The summed E-state index contributed by atoms with van der Waals surface area (Å²) in [5.41, 5.74) is 8.91. The molecule has 0 aliphatic heterocycles. The van der Waals surface area contributed by atoms with Crippen molar-refractivity contribution in [1.29, 1.82) is 0 Å². The van der Waals surface area contributed by atoms with Crippen LogP contribution in [-0.4, -0.2) is 11.6 Å². The zero-order chi connectivity index (χ0) is 12.8. The lowest BCUT2D eigenvalue weighted by Gasteiger charge is -2.13. The maximum atomic E-state index is 5.75. The van der Waals surface area contributed by atoms with E-state index in [2.05, 4.69) is 25.8 Å². The summed E-state index contributed by atoms with van der Waals surface area (Å²) in [4.78, 5) is 4.42. The Morgan fingerprint density at radius 2 is 2.06 bits per heavy atom. The Bertz CT molecular complexity index is 361. The minimum atomic E-state index is 0.485. The number of aromatic nitrogens is 1. The van der Waals surface area contributed by atoms with Crippen molar-refractivity contribution >= 4 is 0 Å². The summed E-state index contributed by atoms with van der Waals surface area (Å²) in [5, 5.41) is 0. The number of nitrogens with two attached hydrogens (primary N) is 1. The molecule has 1 aromatic heterocycles. The van der Waals surface area contributed by atoms with E-state index in [1.165, 1.54) is 12.0 Å². The third-order valence-corrected chi connectivity index (χ3v) is 2.81. The van der Waals surface area contributed by atoms with Gasteiger partial charge in [-0.1, -0.05) is 13.8 Å². The summed E-state index contributed by atoms with van der Waals surface area (Å²) in [6, 6.07) is 2.04. The van der Waals surface area contributed by atoms with Crippen molar-refractivity contribution < 1.29 is 4.74 Å². The average molecular weight is 236 g/mol. The minimum Gasteiger partial charge on any atom is -0.477 e. The van der Waals surface area contributed by atoms with Crippen LogP contribution in [0.25, 0.3) is 0 Å². The second-order valence-corrected chi connectivity index (χ2v) is 4.95. The second-order valence-electron chi connectivity index (χ2n) is 4.95. The van der Waals surface area contributed by atoms with Crippen molar-refractivity contribution in [1.82, 2.24) is 4.98 Å². The van der Waals surface area contributed by atoms with Crippen LogP contribution in [0.1, 0.15) is 43.5 Å². The Morgan fingerprint density at radius 3 is 2.65 bits per heavy atom. The standard InChI is InChI=1S/C14H24N2O/c1-10(2)6-5-7-17-14-13(9-15)11(3)8-12(4)16-14/h8,10H,5-7,9,15H2,1-4H3. The van der Waals surface area contributed by atoms with Crippen molar-refractivity contribution in [2.45, 2.75) is 47.1 Å². The summed E-state index contributed by atoms with van der Waals surface area (Å²) in [6.07, 6.45) is 2.25. The predicted octanol–water partition coefficient (Wildman–Crippen LogP) is 2.97. The summed E-state index contributed by atoms with van der Waals surface area (Å²) in [5.74, 6) is 1.44. The molecule has 1 aromatic rings. The Morgan fingerprint density at radius 1 is 1.35 bits per heavy atom. The van der Waals surface area contributed by atoms with Crippen LogP contribution >= 0.6 is 0 Å². The fraction of sp³-hybridized carbons (Fsp3) is 0.643. The third-order valence-electron chi connectivity index (χ3n) is 2.81. The van der Waals surface area contributed by atoms with Crippen molar-refractivity contribution in [3.8, 4) is 5.88 Å². The van der Waals surface area contributed by atoms with E-state index in [0.29, 0.717) is 12.4 Å². The molecule has 0 saturated carbocycles. The molecule has 0 aliphatic carbocycles. The highest BCUT2D eigenvalue weighted by Gasteiger charge is 2.08. The maximum Gasteiger partial charge on any atom is 0.218 e. The fourth-order valence-electron chi connectivity index (χ4n) is 1.86. The molecule has 17 heavy (non-hydrogen) atoms. The van der Waals surface area contributed by atoms with Crippen LogP contribution in [0.4, 0.5) is 0 Å². The quantitative estimate of drug-likeness (QED) is 0.772. The summed E-state index contributed by atoms with van der Waals surface area (Å²) >= 11 is 0. The van der Waals surface area contributed by atoms with Gasteiger partial charge in [-0.3, -0.25) is 0 Å². The number of nitrogens with zero attached hydrogens (tertiary/aromatic N) is 1. The molecule has 1 heterocycles. The lowest BCUT2D eigenvalue weighted by atomic mass is 10.1.